The summed E-state index contributed by atoms with van der Waals surface area (Å²) in [4.78, 5) is 44.6. The number of unbranched alkanes of at least 4 members (excludes halogenated alkanes) is 1. The summed E-state index contributed by atoms with van der Waals surface area (Å²) in [5.41, 5.74) is 8.60. The van der Waals surface area contributed by atoms with Gasteiger partial charge in [0.2, 0.25) is 11.8 Å². The molecule has 0 aromatic heterocycles. The lowest BCUT2D eigenvalue weighted by molar-refractivity contribution is -0.136. The van der Waals surface area contributed by atoms with Crippen LogP contribution in [0, 0.1) is 23.7 Å². The quantitative estimate of drug-likeness (QED) is 0.382. The molecule has 2 aliphatic rings. The standard InChI is InChI=1S/C32H44N4O3/c1-4-5-16-25(30(33)37)26(19-22(2)3)31(38)34-27-21-35(24-14-7-6-8-15-24)28-17-9-10-18-29(28)36(32(27)39)20-23-12-11-13-23/h6-10,14-15,17-18,22-23,25-27H,4-5,11-13,16,19-21H2,1-3H3,(H2,33,37)(H,34,38)/t25-,26+,27?/m0/s1. The van der Waals surface area contributed by atoms with E-state index in [9.17, 15) is 14.4 Å². The average Bonchev–Trinajstić information content (AvgIpc) is 3.00. The number of nitrogens with zero attached hydrogens (tertiary/aromatic N) is 2. The first-order chi connectivity index (χ1) is 18.8. The summed E-state index contributed by atoms with van der Waals surface area (Å²) in [6.45, 7) is 7.09. The zero-order valence-electron chi connectivity index (χ0n) is 23.6. The smallest absolute Gasteiger partial charge is 0.251 e. The summed E-state index contributed by atoms with van der Waals surface area (Å²) >= 11 is 0. The van der Waals surface area contributed by atoms with Crippen LogP contribution in [0.25, 0.3) is 0 Å². The van der Waals surface area contributed by atoms with Gasteiger partial charge in [0.05, 0.1) is 17.9 Å². The van der Waals surface area contributed by atoms with Gasteiger partial charge in [-0.3, -0.25) is 14.4 Å². The zero-order valence-corrected chi connectivity index (χ0v) is 23.6. The van der Waals surface area contributed by atoms with Crippen LogP contribution < -0.4 is 20.9 Å². The van der Waals surface area contributed by atoms with Gasteiger partial charge in [0.25, 0.3) is 5.91 Å². The first-order valence-electron chi connectivity index (χ1n) is 14.6. The van der Waals surface area contributed by atoms with Crippen LogP contribution in [0.15, 0.2) is 54.6 Å². The van der Waals surface area contributed by atoms with E-state index in [2.05, 4.69) is 17.1 Å². The Morgan fingerprint density at radius 2 is 1.67 bits per heavy atom. The van der Waals surface area contributed by atoms with Gasteiger partial charge in [-0.25, -0.2) is 0 Å². The van der Waals surface area contributed by atoms with E-state index in [1.165, 1.54) is 6.42 Å². The Morgan fingerprint density at radius 1 is 1.00 bits per heavy atom. The maximum absolute atomic E-state index is 14.2. The highest BCUT2D eigenvalue weighted by Crippen LogP contribution is 2.39. The average molecular weight is 533 g/mol. The highest BCUT2D eigenvalue weighted by atomic mass is 16.2. The van der Waals surface area contributed by atoms with Gasteiger partial charge in [-0.2, -0.15) is 0 Å². The van der Waals surface area contributed by atoms with E-state index in [1.54, 1.807) is 0 Å². The first-order valence-corrected chi connectivity index (χ1v) is 14.6. The largest absolute Gasteiger partial charge is 0.369 e. The van der Waals surface area contributed by atoms with Crippen molar-refractivity contribution in [3.63, 3.8) is 0 Å². The Bertz CT molecular complexity index is 1130. The molecule has 0 bridgehead atoms. The lowest BCUT2D eigenvalue weighted by atomic mass is 9.81. The summed E-state index contributed by atoms with van der Waals surface area (Å²) in [5, 5.41) is 3.12. The van der Waals surface area contributed by atoms with Crippen LogP contribution in [0.5, 0.6) is 0 Å². The first kappa shape index (κ1) is 28.7. The Labute approximate surface area is 233 Å². The van der Waals surface area contributed by atoms with Gasteiger partial charge in [-0.05, 0) is 61.8 Å². The van der Waals surface area contributed by atoms with E-state index < -0.39 is 23.8 Å². The topological polar surface area (TPSA) is 95.7 Å². The van der Waals surface area contributed by atoms with Crippen molar-refractivity contribution >= 4 is 34.8 Å². The molecule has 7 heteroatoms. The highest BCUT2D eigenvalue weighted by molar-refractivity contribution is 6.04. The fourth-order valence-corrected chi connectivity index (χ4v) is 5.87. The number of rotatable bonds is 12. The van der Waals surface area contributed by atoms with Crippen LogP contribution in [0.4, 0.5) is 17.1 Å². The maximum atomic E-state index is 14.2. The molecule has 1 aliphatic carbocycles. The molecule has 0 saturated heterocycles. The molecule has 1 unspecified atom stereocenters. The van der Waals surface area contributed by atoms with Crippen LogP contribution in [-0.4, -0.2) is 36.9 Å². The van der Waals surface area contributed by atoms with Gasteiger partial charge in [0.1, 0.15) is 6.04 Å². The van der Waals surface area contributed by atoms with Crippen molar-refractivity contribution < 1.29 is 14.4 Å². The fourth-order valence-electron chi connectivity index (χ4n) is 5.87. The normalized spacial score (nSPS) is 19.2. The monoisotopic (exact) mass is 532 g/mol. The van der Waals surface area contributed by atoms with E-state index >= 15 is 0 Å². The molecule has 4 rings (SSSR count). The highest BCUT2D eigenvalue weighted by Gasteiger charge is 2.39. The number of para-hydroxylation sites is 3. The number of amides is 3. The molecule has 3 amide bonds. The molecule has 3 atom stereocenters. The number of anilines is 3. The van der Waals surface area contributed by atoms with E-state index in [0.29, 0.717) is 31.8 Å². The number of nitrogens with one attached hydrogen (secondary N) is 1. The van der Waals surface area contributed by atoms with Crippen molar-refractivity contribution in [2.24, 2.45) is 29.4 Å². The fraction of sp³-hybridized carbons (Fsp3) is 0.531. The molecule has 0 spiro atoms. The van der Waals surface area contributed by atoms with Gasteiger partial charge in [-0.15, -0.1) is 0 Å². The number of primary amides is 1. The minimum atomic E-state index is -0.764. The van der Waals surface area contributed by atoms with Crippen LogP contribution >= 0.6 is 0 Å². The summed E-state index contributed by atoms with van der Waals surface area (Å²) < 4.78 is 0. The molecule has 1 heterocycles. The molecule has 1 fully saturated rings. The molecule has 1 aliphatic heterocycles. The lowest BCUT2D eigenvalue weighted by Gasteiger charge is -2.34. The molecule has 2 aromatic carbocycles. The van der Waals surface area contributed by atoms with Gasteiger partial charge >= 0.3 is 0 Å². The molecule has 0 radical (unpaired) electrons. The summed E-state index contributed by atoms with van der Waals surface area (Å²) in [5.74, 6) is -1.27. The minimum Gasteiger partial charge on any atom is -0.369 e. The minimum absolute atomic E-state index is 0.103. The molecule has 1 saturated carbocycles. The maximum Gasteiger partial charge on any atom is 0.251 e. The third-order valence-electron chi connectivity index (χ3n) is 8.22. The van der Waals surface area contributed by atoms with Crippen LogP contribution in [0.1, 0.15) is 65.7 Å². The van der Waals surface area contributed by atoms with Gasteiger partial charge in [-0.1, -0.05) is 70.4 Å². The van der Waals surface area contributed by atoms with Crippen molar-refractivity contribution in [1.29, 1.82) is 0 Å². The Hall–Kier alpha value is -3.35. The number of carbonyl (C=O) groups excluding carboxylic acids is 3. The Kier molecular flexibility index (Phi) is 9.65. The molecule has 39 heavy (non-hydrogen) atoms. The van der Waals surface area contributed by atoms with Gasteiger partial charge in [0, 0.05) is 24.1 Å². The second-order valence-electron chi connectivity index (χ2n) is 11.6. The predicted molar refractivity (Wildman–Crippen MR) is 157 cm³/mol. The summed E-state index contributed by atoms with van der Waals surface area (Å²) in [6, 6.07) is 17.2. The number of benzene rings is 2. The van der Waals surface area contributed by atoms with Crippen molar-refractivity contribution in [2.75, 3.05) is 22.9 Å². The third-order valence-corrected chi connectivity index (χ3v) is 8.22. The second-order valence-corrected chi connectivity index (χ2v) is 11.6. The van der Waals surface area contributed by atoms with Gasteiger partial charge in [0.15, 0.2) is 0 Å². The van der Waals surface area contributed by atoms with Crippen molar-refractivity contribution in [3.05, 3.63) is 54.6 Å². The van der Waals surface area contributed by atoms with Crippen LogP contribution in [0.3, 0.4) is 0 Å². The SMILES string of the molecule is CCCC[C@H](C(N)=O)[C@@H](CC(C)C)C(=O)NC1CN(c2ccccc2)c2ccccc2N(CC2CCC2)C1=O. The summed E-state index contributed by atoms with van der Waals surface area (Å²) in [7, 11) is 0. The molecular formula is C32H44N4O3. The molecule has 7 nitrogen and oxygen atoms in total. The molecule has 2 aromatic rings. The Morgan fingerprint density at radius 3 is 2.26 bits per heavy atom. The predicted octanol–water partition coefficient (Wildman–Crippen LogP) is 5.41. The number of nitrogens with two attached hydrogens (primary N) is 1. The van der Waals surface area contributed by atoms with Crippen LogP contribution in [-0.2, 0) is 14.4 Å². The van der Waals surface area contributed by atoms with E-state index in [4.69, 9.17) is 5.73 Å². The van der Waals surface area contributed by atoms with Crippen molar-refractivity contribution in [2.45, 2.75) is 71.8 Å². The van der Waals surface area contributed by atoms with E-state index in [0.717, 1.165) is 42.7 Å². The third kappa shape index (κ3) is 6.81. The molecule has 3 N–H and O–H groups in total. The zero-order chi connectivity index (χ0) is 27.9. The van der Waals surface area contributed by atoms with E-state index in [1.807, 2.05) is 73.3 Å². The van der Waals surface area contributed by atoms with Crippen LogP contribution in [0.2, 0.25) is 0 Å². The lowest BCUT2D eigenvalue weighted by Crippen LogP contribution is -2.55. The molecule has 210 valence electrons. The molecular weight excluding hydrogens is 488 g/mol. The number of hydrogen-bond donors (Lipinski definition) is 2. The van der Waals surface area contributed by atoms with E-state index in [-0.39, 0.29) is 17.7 Å². The number of fused-ring (bicyclic) bond motifs is 1. The van der Waals surface area contributed by atoms with Crippen molar-refractivity contribution in [1.82, 2.24) is 5.32 Å². The van der Waals surface area contributed by atoms with Crippen molar-refractivity contribution in [3.8, 4) is 0 Å². The number of hydrogen-bond acceptors (Lipinski definition) is 4. The Balaban J connectivity index is 1.69. The van der Waals surface area contributed by atoms with Gasteiger partial charge < -0.3 is 20.9 Å². The second kappa shape index (κ2) is 13.1. The summed E-state index contributed by atoms with van der Waals surface area (Å²) in [6.07, 6.45) is 6.27. The number of carbonyl (C=O) groups is 3.